The van der Waals surface area contributed by atoms with Gasteiger partial charge in [-0.15, -0.1) is 0 Å². The molecule has 4 rings (SSSR count). The van der Waals surface area contributed by atoms with E-state index >= 15 is 0 Å². The van der Waals surface area contributed by atoms with Gasteiger partial charge in [-0.05, 0) is 38.4 Å². The summed E-state index contributed by atoms with van der Waals surface area (Å²) in [6, 6.07) is 3.59. The first kappa shape index (κ1) is 20.4. The van der Waals surface area contributed by atoms with Crippen molar-refractivity contribution in [2.75, 3.05) is 57.6 Å². The van der Waals surface area contributed by atoms with Gasteiger partial charge in [-0.2, -0.15) is 4.98 Å². The van der Waals surface area contributed by atoms with E-state index in [1.54, 1.807) is 26.4 Å². The van der Waals surface area contributed by atoms with Crippen LogP contribution in [0.2, 0.25) is 0 Å². The Kier molecular flexibility index (Phi) is 7.11. The van der Waals surface area contributed by atoms with Crippen LogP contribution >= 0.6 is 0 Å². The van der Waals surface area contributed by atoms with E-state index in [1.807, 2.05) is 4.90 Å². The number of aromatic nitrogens is 2. The fourth-order valence-corrected chi connectivity index (χ4v) is 3.57. The van der Waals surface area contributed by atoms with E-state index in [-0.39, 0.29) is 12.5 Å². The number of aliphatic hydroxyl groups is 1. The molecular weight excluding hydrogens is 358 g/mol. The van der Waals surface area contributed by atoms with E-state index in [4.69, 9.17) is 15.2 Å². The van der Waals surface area contributed by atoms with E-state index in [0.717, 1.165) is 24.9 Å². The second kappa shape index (κ2) is 9.75. The van der Waals surface area contributed by atoms with Crippen LogP contribution in [0.4, 0.5) is 11.8 Å². The number of hydrogen-bond donors (Lipinski definition) is 3. The summed E-state index contributed by atoms with van der Waals surface area (Å²) in [6.07, 6.45) is 5.15. The molecule has 2 aromatic rings. The van der Waals surface area contributed by atoms with Crippen LogP contribution in [0, 0.1) is 5.92 Å². The number of ether oxygens (including phenoxy) is 2. The lowest BCUT2D eigenvalue weighted by Crippen LogP contribution is -2.23. The predicted molar refractivity (Wildman–Crippen MR) is 111 cm³/mol. The lowest BCUT2D eigenvalue weighted by molar-refractivity contribution is 0.238. The lowest BCUT2D eigenvalue weighted by Gasteiger charge is -2.17. The molecule has 0 aliphatic carbocycles. The summed E-state index contributed by atoms with van der Waals surface area (Å²) >= 11 is 0. The van der Waals surface area contributed by atoms with Gasteiger partial charge in [0.1, 0.15) is 5.82 Å². The highest BCUT2D eigenvalue weighted by Gasteiger charge is 2.24. The average molecular weight is 390 g/mol. The molecule has 8 nitrogen and oxygen atoms in total. The first-order chi connectivity index (χ1) is 13.7. The third kappa shape index (κ3) is 4.74. The summed E-state index contributed by atoms with van der Waals surface area (Å²) in [5, 5.41) is 13.3. The van der Waals surface area contributed by atoms with Crippen LogP contribution in [0.3, 0.4) is 0 Å². The molecule has 28 heavy (non-hydrogen) atoms. The van der Waals surface area contributed by atoms with Crippen LogP contribution in [0.1, 0.15) is 25.7 Å². The molecule has 154 valence electrons. The summed E-state index contributed by atoms with van der Waals surface area (Å²) in [5.41, 5.74) is 6.80. The molecule has 1 aromatic carbocycles. The summed E-state index contributed by atoms with van der Waals surface area (Å²) in [6.45, 7) is 4.25. The van der Waals surface area contributed by atoms with E-state index < -0.39 is 0 Å². The minimum atomic E-state index is 0.185. The quantitative estimate of drug-likeness (QED) is 0.727. The maximum atomic E-state index is 9.26. The molecule has 0 saturated carbocycles. The number of fused-ring (bicyclic) bond motifs is 1. The molecule has 3 heterocycles. The molecule has 2 saturated heterocycles. The Morgan fingerprint density at radius 3 is 2.39 bits per heavy atom. The van der Waals surface area contributed by atoms with E-state index in [0.29, 0.717) is 28.8 Å². The third-order valence-electron chi connectivity index (χ3n) is 5.25. The molecule has 0 radical (unpaired) electrons. The number of piperidine rings is 1. The molecule has 8 heteroatoms. The topological polar surface area (TPSA) is 106 Å². The van der Waals surface area contributed by atoms with Crippen LogP contribution < -0.4 is 25.4 Å². The van der Waals surface area contributed by atoms with E-state index in [2.05, 4.69) is 15.3 Å². The first-order valence-corrected chi connectivity index (χ1v) is 9.92. The Hall–Kier alpha value is -2.32. The smallest absolute Gasteiger partial charge is 0.227 e. The van der Waals surface area contributed by atoms with Crippen LogP contribution in [0.25, 0.3) is 10.9 Å². The van der Waals surface area contributed by atoms with Crippen LogP contribution in [-0.4, -0.2) is 62.1 Å². The normalized spacial score (nSPS) is 19.2. The predicted octanol–water partition coefficient (Wildman–Crippen LogP) is 1.81. The largest absolute Gasteiger partial charge is 0.493 e. The Balaban J connectivity index is 0.000000320. The number of aliphatic hydroxyl groups excluding tert-OH is 1. The summed E-state index contributed by atoms with van der Waals surface area (Å²) in [4.78, 5) is 11.0. The summed E-state index contributed by atoms with van der Waals surface area (Å²) in [5.74, 6) is 2.47. The second-order valence-electron chi connectivity index (χ2n) is 7.23. The number of hydrogen-bond acceptors (Lipinski definition) is 8. The number of methoxy groups -OCH3 is 2. The van der Waals surface area contributed by atoms with Gasteiger partial charge in [-0.25, -0.2) is 4.98 Å². The maximum absolute atomic E-state index is 9.26. The van der Waals surface area contributed by atoms with Crippen molar-refractivity contribution in [3.63, 3.8) is 0 Å². The molecule has 2 aliphatic rings. The molecule has 2 aliphatic heterocycles. The Morgan fingerprint density at radius 1 is 1.14 bits per heavy atom. The van der Waals surface area contributed by atoms with E-state index in [1.165, 1.54) is 32.4 Å². The molecule has 0 spiro atoms. The monoisotopic (exact) mass is 389 g/mol. The van der Waals surface area contributed by atoms with Crippen molar-refractivity contribution in [3.8, 4) is 11.5 Å². The van der Waals surface area contributed by atoms with Gasteiger partial charge in [-0.1, -0.05) is 6.42 Å². The molecule has 1 atom stereocenters. The molecule has 0 amide bonds. The minimum absolute atomic E-state index is 0.185. The maximum Gasteiger partial charge on any atom is 0.227 e. The molecular formula is C20H31N5O3. The molecule has 0 bridgehead atoms. The van der Waals surface area contributed by atoms with Gasteiger partial charge in [0.05, 0.1) is 19.7 Å². The van der Waals surface area contributed by atoms with Crippen molar-refractivity contribution in [1.29, 1.82) is 0 Å². The van der Waals surface area contributed by atoms with Crippen LogP contribution in [-0.2, 0) is 0 Å². The number of nitrogen functional groups attached to an aromatic ring is 1. The first-order valence-electron chi connectivity index (χ1n) is 9.92. The number of nitrogens with zero attached hydrogens (tertiary/aromatic N) is 3. The number of rotatable bonds is 4. The molecule has 4 N–H and O–H groups in total. The fraction of sp³-hybridized carbons (Fsp3) is 0.600. The van der Waals surface area contributed by atoms with Crippen molar-refractivity contribution >= 4 is 22.7 Å². The molecule has 1 aromatic heterocycles. The number of nitrogens with two attached hydrogens (primary N) is 1. The van der Waals surface area contributed by atoms with Gasteiger partial charge < -0.3 is 30.5 Å². The van der Waals surface area contributed by atoms with Gasteiger partial charge in [-0.3, -0.25) is 0 Å². The van der Waals surface area contributed by atoms with Gasteiger partial charge in [0, 0.05) is 37.1 Å². The van der Waals surface area contributed by atoms with Gasteiger partial charge in [0.15, 0.2) is 11.5 Å². The van der Waals surface area contributed by atoms with Crippen molar-refractivity contribution in [2.45, 2.75) is 25.7 Å². The average Bonchev–Trinajstić information content (AvgIpc) is 3.24. The zero-order chi connectivity index (χ0) is 19.9. The molecule has 2 fully saturated rings. The zero-order valence-electron chi connectivity index (χ0n) is 16.8. The number of benzene rings is 1. The van der Waals surface area contributed by atoms with Crippen molar-refractivity contribution < 1.29 is 14.6 Å². The Labute approximate surface area is 166 Å². The highest BCUT2D eigenvalue weighted by Crippen LogP contribution is 2.34. The van der Waals surface area contributed by atoms with Gasteiger partial charge in [0.25, 0.3) is 0 Å². The van der Waals surface area contributed by atoms with Crippen molar-refractivity contribution in [3.05, 3.63) is 12.1 Å². The molecule has 1 unspecified atom stereocenters. The number of anilines is 2. The Bertz CT molecular complexity index is 771. The van der Waals surface area contributed by atoms with Gasteiger partial charge in [0.2, 0.25) is 5.95 Å². The summed E-state index contributed by atoms with van der Waals surface area (Å²) < 4.78 is 10.6. The number of nitrogens with one attached hydrogen (secondary N) is 1. The van der Waals surface area contributed by atoms with Crippen molar-refractivity contribution in [2.24, 2.45) is 5.92 Å². The fourth-order valence-electron chi connectivity index (χ4n) is 3.57. The standard InChI is InChI=1S/C15H20N4O3.C5H11N/c1-21-12-5-10-11(6-13(12)22-2)17-15(18-14(10)16)19-4-3-9(7-19)8-20;1-2-4-6-5-3-1/h5-6,9,20H,3-4,7-8H2,1-2H3,(H2,16,17,18);6H,1-5H2. The minimum Gasteiger partial charge on any atom is -0.493 e. The van der Waals surface area contributed by atoms with E-state index in [9.17, 15) is 5.11 Å². The highest BCUT2D eigenvalue weighted by molar-refractivity contribution is 5.91. The van der Waals surface area contributed by atoms with Crippen LogP contribution in [0.15, 0.2) is 12.1 Å². The Morgan fingerprint density at radius 2 is 1.86 bits per heavy atom. The highest BCUT2D eigenvalue weighted by atomic mass is 16.5. The second-order valence-corrected chi connectivity index (χ2v) is 7.23. The zero-order valence-corrected chi connectivity index (χ0v) is 16.8. The van der Waals surface area contributed by atoms with Crippen LogP contribution in [0.5, 0.6) is 11.5 Å². The SMILES string of the molecule is C1CCNCC1.COc1cc2nc(N3CCC(CO)C3)nc(N)c2cc1OC. The lowest BCUT2D eigenvalue weighted by atomic mass is 10.1. The third-order valence-corrected chi connectivity index (χ3v) is 5.25. The van der Waals surface area contributed by atoms with Crippen molar-refractivity contribution in [1.82, 2.24) is 15.3 Å². The van der Waals surface area contributed by atoms with Gasteiger partial charge >= 0.3 is 0 Å². The summed E-state index contributed by atoms with van der Waals surface area (Å²) in [7, 11) is 3.16.